The van der Waals surface area contributed by atoms with E-state index >= 15 is 0 Å². The van der Waals surface area contributed by atoms with Crippen LogP contribution in [0.15, 0.2) is 4.42 Å². The fourth-order valence-corrected chi connectivity index (χ4v) is 2.08. The van der Waals surface area contributed by atoms with E-state index < -0.39 is 5.97 Å². The predicted molar refractivity (Wildman–Crippen MR) is 77.4 cm³/mol. The Morgan fingerprint density at radius 2 is 2.14 bits per heavy atom. The number of esters is 1. The number of furan rings is 1. The zero-order valence-corrected chi connectivity index (χ0v) is 12.4. The van der Waals surface area contributed by atoms with Gasteiger partial charge in [-0.05, 0) is 27.2 Å². The zero-order valence-electron chi connectivity index (χ0n) is 12.4. The Balaban J connectivity index is 2.52. The summed E-state index contributed by atoms with van der Waals surface area (Å²) in [5.41, 5.74) is 0.702. The van der Waals surface area contributed by atoms with Crippen LogP contribution >= 0.6 is 0 Å². The third kappa shape index (κ3) is 3.13. The highest BCUT2D eigenvalue weighted by molar-refractivity contribution is 6.07. The second kappa shape index (κ2) is 6.53. The summed E-state index contributed by atoms with van der Waals surface area (Å²) >= 11 is 0. The molecule has 0 aromatic carbocycles. The van der Waals surface area contributed by atoms with E-state index in [0.29, 0.717) is 47.0 Å². The maximum Gasteiger partial charge on any atom is 0.342 e. The van der Waals surface area contributed by atoms with Gasteiger partial charge in [0.05, 0.1) is 12.0 Å². The first kappa shape index (κ1) is 15.2. The van der Waals surface area contributed by atoms with Crippen LogP contribution in [0.3, 0.4) is 0 Å². The number of hydrogen-bond donors (Lipinski definition) is 2. The van der Waals surface area contributed by atoms with E-state index in [4.69, 9.17) is 14.3 Å². The number of aliphatic hydroxyl groups excluding tert-OH is 1. The van der Waals surface area contributed by atoms with Crippen LogP contribution in [0, 0.1) is 13.8 Å². The molecule has 2 N–H and O–H groups in total. The summed E-state index contributed by atoms with van der Waals surface area (Å²) < 4.78 is 10.6. The van der Waals surface area contributed by atoms with E-state index in [9.17, 15) is 4.79 Å². The van der Waals surface area contributed by atoms with Crippen molar-refractivity contribution in [2.75, 3.05) is 25.1 Å². The number of nitrogens with one attached hydrogen (secondary N) is 1. The van der Waals surface area contributed by atoms with Crippen molar-refractivity contribution in [1.82, 2.24) is 9.97 Å². The third-order valence-electron chi connectivity index (χ3n) is 2.95. The van der Waals surface area contributed by atoms with E-state index in [-0.39, 0.29) is 13.2 Å². The highest BCUT2D eigenvalue weighted by Gasteiger charge is 2.24. The average molecular weight is 293 g/mol. The van der Waals surface area contributed by atoms with Crippen molar-refractivity contribution in [2.45, 2.75) is 27.2 Å². The largest absolute Gasteiger partial charge is 0.462 e. The summed E-state index contributed by atoms with van der Waals surface area (Å²) in [5, 5.41) is 12.5. The number of carbonyl (C=O) groups excluding carboxylic acids is 1. The fourth-order valence-electron chi connectivity index (χ4n) is 2.08. The molecule has 0 unspecified atom stereocenters. The Bertz CT molecular complexity index is 651. The maximum absolute atomic E-state index is 12.1. The number of ether oxygens (including phenoxy) is 1. The van der Waals surface area contributed by atoms with Crippen LogP contribution in [0.4, 0.5) is 5.82 Å². The molecule has 0 atom stereocenters. The molecule has 0 aliphatic carbocycles. The van der Waals surface area contributed by atoms with Gasteiger partial charge in [0.15, 0.2) is 0 Å². The number of nitrogens with zero attached hydrogens (tertiary/aromatic N) is 2. The van der Waals surface area contributed by atoms with Gasteiger partial charge in [0, 0.05) is 13.2 Å². The first-order valence-corrected chi connectivity index (χ1v) is 6.88. The van der Waals surface area contributed by atoms with Crippen LogP contribution in [0.1, 0.15) is 35.3 Å². The Morgan fingerprint density at radius 1 is 1.38 bits per heavy atom. The Morgan fingerprint density at radius 3 is 2.81 bits per heavy atom. The van der Waals surface area contributed by atoms with Crippen molar-refractivity contribution in [2.24, 2.45) is 0 Å². The lowest BCUT2D eigenvalue weighted by molar-refractivity contribution is 0.0526. The fraction of sp³-hybridized carbons (Fsp3) is 0.500. The molecule has 114 valence electrons. The summed E-state index contributed by atoms with van der Waals surface area (Å²) in [7, 11) is 0. The molecule has 0 aliphatic heterocycles. The summed E-state index contributed by atoms with van der Waals surface area (Å²) in [6.07, 6.45) is 0.579. The molecule has 0 radical (unpaired) electrons. The van der Waals surface area contributed by atoms with Crippen LogP contribution < -0.4 is 5.32 Å². The van der Waals surface area contributed by atoms with Gasteiger partial charge in [0.1, 0.15) is 23.0 Å². The molecule has 0 saturated carbocycles. The highest BCUT2D eigenvalue weighted by atomic mass is 16.5. The molecular weight excluding hydrogens is 274 g/mol. The minimum absolute atomic E-state index is 0.0787. The van der Waals surface area contributed by atoms with Crippen LogP contribution in [0.25, 0.3) is 11.1 Å². The average Bonchev–Trinajstić information content (AvgIpc) is 2.75. The molecule has 21 heavy (non-hydrogen) atoms. The topological polar surface area (TPSA) is 97.5 Å². The van der Waals surface area contributed by atoms with Crippen molar-refractivity contribution in [3.05, 3.63) is 17.1 Å². The van der Waals surface area contributed by atoms with Gasteiger partial charge in [-0.3, -0.25) is 0 Å². The molecule has 7 nitrogen and oxygen atoms in total. The molecule has 7 heteroatoms. The summed E-state index contributed by atoms with van der Waals surface area (Å²) in [6.45, 7) is 6.09. The normalized spacial score (nSPS) is 10.9. The minimum Gasteiger partial charge on any atom is -0.462 e. The van der Waals surface area contributed by atoms with E-state index in [1.807, 2.05) is 0 Å². The second-order valence-electron chi connectivity index (χ2n) is 4.56. The maximum atomic E-state index is 12.1. The lowest BCUT2D eigenvalue weighted by atomic mass is 10.2. The molecule has 2 rings (SSSR count). The molecule has 0 aliphatic rings. The zero-order chi connectivity index (χ0) is 15.4. The van der Waals surface area contributed by atoms with Gasteiger partial charge in [-0.25, -0.2) is 9.78 Å². The summed E-state index contributed by atoms with van der Waals surface area (Å²) in [5.74, 6) is 1.06. The Hall–Kier alpha value is -2.15. The SMILES string of the molecule is CCOC(=O)c1c(C)oc2nc(C)nc(NCCCO)c12. The van der Waals surface area contributed by atoms with Crippen molar-refractivity contribution in [1.29, 1.82) is 0 Å². The van der Waals surface area contributed by atoms with Gasteiger partial charge < -0.3 is 19.6 Å². The minimum atomic E-state index is -0.452. The first-order chi connectivity index (χ1) is 10.1. The van der Waals surface area contributed by atoms with Gasteiger partial charge in [-0.2, -0.15) is 4.98 Å². The molecule has 0 amide bonds. The van der Waals surface area contributed by atoms with Gasteiger partial charge in [-0.1, -0.05) is 0 Å². The quantitative estimate of drug-likeness (QED) is 0.619. The molecule has 2 heterocycles. The first-order valence-electron chi connectivity index (χ1n) is 6.88. The van der Waals surface area contributed by atoms with E-state index in [1.165, 1.54) is 0 Å². The number of anilines is 1. The summed E-state index contributed by atoms with van der Waals surface area (Å²) in [6, 6.07) is 0. The Labute approximate surface area is 122 Å². The smallest absolute Gasteiger partial charge is 0.342 e. The van der Waals surface area contributed by atoms with Crippen LogP contribution in [0.2, 0.25) is 0 Å². The van der Waals surface area contributed by atoms with E-state index in [2.05, 4.69) is 15.3 Å². The lowest BCUT2D eigenvalue weighted by Gasteiger charge is -2.07. The van der Waals surface area contributed by atoms with Gasteiger partial charge in [0.25, 0.3) is 0 Å². The number of aliphatic hydroxyl groups is 1. The predicted octanol–water partition coefficient (Wildman–Crippen LogP) is 1.81. The number of rotatable bonds is 6. The van der Waals surface area contributed by atoms with Crippen LogP contribution in [0.5, 0.6) is 0 Å². The standard InChI is InChI=1S/C14H19N3O4/c1-4-20-14(19)10-8(2)21-13-11(10)12(15-6-5-7-18)16-9(3)17-13/h18H,4-7H2,1-3H3,(H,15,16,17). The lowest BCUT2D eigenvalue weighted by Crippen LogP contribution is -2.10. The third-order valence-corrected chi connectivity index (χ3v) is 2.95. The molecule has 0 saturated heterocycles. The molecule has 2 aromatic rings. The van der Waals surface area contributed by atoms with Crippen molar-refractivity contribution < 1.29 is 19.1 Å². The molecule has 0 spiro atoms. The van der Waals surface area contributed by atoms with Gasteiger partial charge in [-0.15, -0.1) is 0 Å². The van der Waals surface area contributed by atoms with Crippen molar-refractivity contribution in [3.63, 3.8) is 0 Å². The second-order valence-corrected chi connectivity index (χ2v) is 4.56. The number of fused-ring (bicyclic) bond motifs is 1. The molecule has 0 fully saturated rings. The van der Waals surface area contributed by atoms with Crippen molar-refractivity contribution >= 4 is 22.9 Å². The number of aromatic nitrogens is 2. The number of hydrogen-bond acceptors (Lipinski definition) is 7. The Kier molecular flexibility index (Phi) is 4.74. The molecular formula is C14H19N3O4. The highest BCUT2D eigenvalue weighted by Crippen LogP contribution is 2.30. The van der Waals surface area contributed by atoms with Gasteiger partial charge >= 0.3 is 5.97 Å². The van der Waals surface area contributed by atoms with Crippen LogP contribution in [-0.4, -0.2) is 40.8 Å². The van der Waals surface area contributed by atoms with Crippen LogP contribution in [-0.2, 0) is 4.74 Å². The molecule has 2 aromatic heterocycles. The number of carbonyl (C=O) groups is 1. The molecule has 0 bridgehead atoms. The van der Waals surface area contributed by atoms with Crippen molar-refractivity contribution in [3.8, 4) is 0 Å². The van der Waals surface area contributed by atoms with E-state index in [0.717, 1.165) is 0 Å². The monoisotopic (exact) mass is 293 g/mol. The summed E-state index contributed by atoms with van der Waals surface area (Å²) in [4.78, 5) is 20.6. The van der Waals surface area contributed by atoms with E-state index in [1.54, 1.807) is 20.8 Å². The number of aryl methyl sites for hydroxylation is 2. The van der Waals surface area contributed by atoms with Gasteiger partial charge in [0.2, 0.25) is 5.71 Å².